The molecule has 0 aliphatic rings. The summed E-state index contributed by atoms with van der Waals surface area (Å²) in [5, 5.41) is 16.7. The van der Waals surface area contributed by atoms with Gasteiger partial charge in [-0.1, -0.05) is 41.9 Å². The molecule has 9 heteroatoms. The number of carbonyl (C=O) groups is 2. The van der Waals surface area contributed by atoms with E-state index in [1.165, 1.54) is 11.3 Å². The second-order valence-electron chi connectivity index (χ2n) is 7.11. The smallest absolute Gasteiger partial charge is 0.342 e. The summed E-state index contributed by atoms with van der Waals surface area (Å²) in [7, 11) is 0. The highest BCUT2D eigenvalue weighted by Crippen LogP contribution is 2.26. The van der Waals surface area contributed by atoms with Gasteiger partial charge in [-0.05, 0) is 31.2 Å². The van der Waals surface area contributed by atoms with E-state index in [1.54, 1.807) is 47.4 Å². The molecule has 0 unspecified atom stereocenters. The number of para-hydroxylation sites is 1. The van der Waals surface area contributed by atoms with E-state index in [2.05, 4.69) is 10.1 Å². The molecule has 0 saturated carbocycles. The Balaban J connectivity index is 1.59. The predicted octanol–water partition coefficient (Wildman–Crippen LogP) is 4.99. The van der Waals surface area contributed by atoms with Gasteiger partial charge in [0.15, 0.2) is 18.3 Å². The maximum atomic E-state index is 13.0. The molecule has 0 radical (unpaired) electrons. The van der Waals surface area contributed by atoms with Gasteiger partial charge in [0.2, 0.25) is 0 Å². The molecule has 1 atom stereocenters. The van der Waals surface area contributed by atoms with Crippen LogP contribution in [0.2, 0.25) is 5.02 Å². The van der Waals surface area contributed by atoms with Crippen LogP contribution in [0.5, 0.6) is 0 Å². The summed E-state index contributed by atoms with van der Waals surface area (Å²) in [4.78, 5) is 29.7. The summed E-state index contributed by atoms with van der Waals surface area (Å²) in [5.74, 6) is -2.34. The Morgan fingerprint density at radius 2 is 1.91 bits per heavy atom. The lowest BCUT2D eigenvalue weighted by molar-refractivity contribution is -0.122. The number of nitriles is 1. The molecule has 2 aromatic heterocycles. The number of rotatable bonds is 7. The fraction of sp³-hybridized carbons (Fsp3) is 0.125. The van der Waals surface area contributed by atoms with Crippen LogP contribution in [0, 0.1) is 18.3 Å². The molecule has 0 N–H and O–H groups in total. The quantitative estimate of drug-likeness (QED) is 0.348. The third kappa shape index (κ3) is 5.00. The maximum absolute atomic E-state index is 13.0. The number of nitrogens with zero attached hydrogens (tertiary/aromatic N) is 4. The van der Waals surface area contributed by atoms with Gasteiger partial charge in [-0.25, -0.2) is 14.5 Å². The summed E-state index contributed by atoms with van der Waals surface area (Å²) in [5.41, 5.74) is 2.72. The monoisotopic (exact) mass is 476 g/mol. The molecule has 4 rings (SSSR count). The third-order valence-corrected chi connectivity index (χ3v) is 6.03. The first-order valence-electron chi connectivity index (χ1n) is 9.89. The highest BCUT2D eigenvalue weighted by Gasteiger charge is 2.26. The highest BCUT2D eigenvalue weighted by molar-refractivity contribution is 7.09. The Hall–Kier alpha value is -3.80. The number of halogens is 1. The molecule has 2 heterocycles. The topological polar surface area (TPSA) is 97.9 Å². The zero-order valence-corrected chi connectivity index (χ0v) is 19.0. The van der Waals surface area contributed by atoms with Crippen LogP contribution in [-0.4, -0.2) is 33.1 Å². The number of aromatic nitrogens is 3. The zero-order valence-electron chi connectivity index (χ0n) is 17.4. The largest absolute Gasteiger partial charge is 0.454 e. The number of thiazole rings is 1. The van der Waals surface area contributed by atoms with Gasteiger partial charge < -0.3 is 4.74 Å². The molecular weight excluding hydrogens is 460 g/mol. The molecule has 164 valence electrons. The van der Waals surface area contributed by atoms with Crippen LogP contribution >= 0.6 is 22.9 Å². The van der Waals surface area contributed by atoms with Crippen molar-refractivity contribution in [3.05, 3.63) is 87.5 Å². The predicted molar refractivity (Wildman–Crippen MR) is 125 cm³/mol. The third-order valence-electron chi connectivity index (χ3n) is 4.75. The first-order chi connectivity index (χ1) is 16.0. The molecule has 0 fully saturated rings. The van der Waals surface area contributed by atoms with E-state index in [4.69, 9.17) is 16.3 Å². The average molecular weight is 477 g/mol. The SMILES string of the molecule is Cc1csc([C@@H](C#N)C(=O)COC(=O)c2cn(-c3ccccc3)nc2-c2ccc(Cl)cc2)n1. The van der Waals surface area contributed by atoms with Gasteiger partial charge >= 0.3 is 5.97 Å². The molecular formula is C24H17ClN4O3S. The fourth-order valence-corrected chi connectivity index (χ4v) is 4.11. The molecule has 0 bridgehead atoms. The van der Waals surface area contributed by atoms with Gasteiger partial charge in [0.25, 0.3) is 0 Å². The number of carbonyl (C=O) groups excluding carboxylic acids is 2. The van der Waals surface area contributed by atoms with Gasteiger partial charge in [-0.15, -0.1) is 11.3 Å². The summed E-state index contributed by atoms with van der Waals surface area (Å²) in [6, 6.07) is 18.1. The van der Waals surface area contributed by atoms with Crippen molar-refractivity contribution in [1.82, 2.24) is 14.8 Å². The van der Waals surface area contributed by atoms with E-state index in [0.717, 1.165) is 11.4 Å². The summed E-state index contributed by atoms with van der Waals surface area (Å²) < 4.78 is 6.86. The van der Waals surface area contributed by atoms with Gasteiger partial charge in [0, 0.05) is 27.9 Å². The molecule has 0 aliphatic heterocycles. The fourth-order valence-electron chi connectivity index (χ4n) is 3.12. The van der Waals surface area contributed by atoms with Gasteiger partial charge in [0.05, 0.1) is 11.8 Å². The first kappa shape index (κ1) is 22.4. The van der Waals surface area contributed by atoms with Crippen molar-refractivity contribution in [2.45, 2.75) is 12.8 Å². The average Bonchev–Trinajstić information content (AvgIpc) is 3.46. The lowest BCUT2D eigenvalue weighted by Gasteiger charge is -2.07. The lowest BCUT2D eigenvalue weighted by atomic mass is 10.1. The summed E-state index contributed by atoms with van der Waals surface area (Å²) in [6.45, 7) is 1.23. The minimum atomic E-state index is -1.08. The van der Waals surface area contributed by atoms with Crippen LogP contribution in [0.3, 0.4) is 0 Å². The van der Waals surface area contributed by atoms with E-state index >= 15 is 0 Å². The maximum Gasteiger partial charge on any atom is 0.342 e. The van der Waals surface area contributed by atoms with Crippen molar-refractivity contribution in [3.8, 4) is 23.0 Å². The second-order valence-corrected chi connectivity index (χ2v) is 8.44. The van der Waals surface area contributed by atoms with Crippen molar-refractivity contribution in [2.24, 2.45) is 0 Å². The first-order valence-corrected chi connectivity index (χ1v) is 11.1. The molecule has 33 heavy (non-hydrogen) atoms. The van der Waals surface area contributed by atoms with Crippen LogP contribution in [0.4, 0.5) is 0 Å². The van der Waals surface area contributed by atoms with E-state index in [0.29, 0.717) is 21.3 Å². The minimum absolute atomic E-state index is 0.188. The van der Waals surface area contributed by atoms with Gasteiger partial charge in [0.1, 0.15) is 16.3 Å². The van der Waals surface area contributed by atoms with Crippen LogP contribution in [0.1, 0.15) is 27.0 Å². The molecule has 0 saturated heterocycles. The molecule has 4 aromatic rings. The Bertz CT molecular complexity index is 1340. The molecule has 2 aromatic carbocycles. The number of hydrogen-bond acceptors (Lipinski definition) is 7. The Labute approximate surface area is 198 Å². The van der Waals surface area contributed by atoms with Gasteiger partial charge in [-0.2, -0.15) is 10.4 Å². The van der Waals surface area contributed by atoms with Crippen molar-refractivity contribution in [2.75, 3.05) is 6.61 Å². The summed E-state index contributed by atoms with van der Waals surface area (Å²) >= 11 is 7.22. The highest BCUT2D eigenvalue weighted by atomic mass is 35.5. The molecule has 0 amide bonds. The number of esters is 1. The van der Waals surface area contributed by atoms with Crippen molar-refractivity contribution < 1.29 is 14.3 Å². The van der Waals surface area contributed by atoms with Crippen molar-refractivity contribution in [3.63, 3.8) is 0 Å². The number of ether oxygens (including phenoxy) is 1. The number of benzene rings is 2. The summed E-state index contributed by atoms with van der Waals surface area (Å²) in [6.07, 6.45) is 1.55. The van der Waals surface area contributed by atoms with Crippen molar-refractivity contribution in [1.29, 1.82) is 5.26 Å². The minimum Gasteiger partial charge on any atom is -0.454 e. The van der Waals surface area contributed by atoms with Crippen LogP contribution in [0.15, 0.2) is 66.2 Å². The number of aryl methyl sites for hydroxylation is 1. The lowest BCUT2D eigenvalue weighted by Crippen LogP contribution is -2.20. The number of hydrogen-bond donors (Lipinski definition) is 0. The van der Waals surface area contributed by atoms with Gasteiger partial charge in [-0.3, -0.25) is 4.79 Å². The Morgan fingerprint density at radius 3 is 2.55 bits per heavy atom. The van der Waals surface area contributed by atoms with E-state index in [1.807, 2.05) is 36.4 Å². The van der Waals surface area contributed by atoms with Crippen molar-refractivity contribution >= 4 is 34.7 Å². The number of Topliss-reactive ketones (excluding diaryl/α,β-unsaturated/α-hetero) is 1. The standard InChI is InChI=1S/C24H17ClN4O3S/c1-15-14-33-23(27-15)19(11-26)21(30)13-32-24(31)20-12-29(18-5-3-2-4-6-18)28-22(20)16-7-9-17(25)10-8-16/h2-10,12,14,19H,13H2,1H3/t19-/m0/s1. The normalized spacial score (nSPS) is 11.5. The molecule has 7 nitrogen and oxygen atoms in total. The number of ketones is 1. The van der Waals surface area contributed by atoms with E-state index in [9.17, 15) is 14.9 Å². The molecule has 0 spiro atoms. The van der Waals surface area contributed by atoms with Crippen LogP contribution in [0.25, 0.3) is 16.9 Å². The van der Waals surface area contributed by atoms with Crippen LogP contribution in [-0.2, 0) is 9.53 Å². The second kappa shape index (κ2) is 9.77. The van der Waals surface area contributed by atoms with E-state index < -0.39 is 24.3 Å². The molecule has 0 aliphatic carbocycles. The Morgan fingerprint density at radius 1 is 1.18 bits per heavy atom. The zero-order chi connectivity index (χ0) is 23.4. The Kier molecular flexibility index (Phi) is 6.63. The van der Waals surface area contributed by atoms with Crippen LogP contribution < -0.4 is 0 Å². The van der Waals surface area contributed by atoms with E-state index in [-0.39, 0.29) is 5.56 Å².